The zero-order valence-electron chi connectivity index (χ0n) is 22.6. The molecule has 0 aliphatic heterocycles. The number of carboxylic acids is 1. The van der Waals surface area contributed by atoms with Gasteiger partial charge in [-0.2, -0.15) is 0 Å². The molecule has 5 aromatic carbocycles. The molecule has 5 aromatic rings. The largest absolute Gasteiger partial charge is 0.478 e. The summed E-state index contributed by atoms with van der Waals surface area (Å²) in [6.07, 6.45) is 5.92. The number of carboxylic acid groups (broad SMARTS) is 1. The van der Waals surface area contributed by atoms with E-state index in [-0.39, 0.29) is 17.2 Å². The minimum atomic E-state index is -1.04. The lowest BCUT2D eigenvalue weighted by Gasteiger charge is -2.23. The van der Waals surface area contributed by atoms with E-state index in [0.717, 1.165) is 39.2 Å². The fourth-order valence-corrected chi connectivity index (χ4v) is 4.45. The monoisotopic (exact) mass is 555 g/mol. The maximum absolute atomic E-state index is 13.8. The zero-order chi connectivity index (χ0) is 29.5. The molecule has 0 aliphatic carbocycles. The first kappa shape index (κ1) is 28.0. The molecule has 0 fully saturated rings. The second-order valence-electron chi connectivity index (χ2n) is 9.59. The van der Waals surface area contributed by atoms with Crippen LogP contribution in [0, 0.1) is 11.6 Å². The van der Waals surface area contributed by atoms with Gasteiger partial charge in [-0.3, -0.25) is 0 Å². The first-order valence-electron chi connectivity index (χ1n) is 13.3. The molecule has 5 heteroatoms. The summed E-state index contributed by atoms with van der Waals surface area (Å²) < 4.78 is 27.6. The highest BCUT2D eigenvalue weighted by Gasteiger charge is 2.13. The Bertz CT molecular complexity index is 1690. The number of rotatable bonds is 9. The molecule has 0 spiro atoms. The van der Waals surface area contributed by atoms with Gasteiger partial charge in [0.05, 0.1) is 5.57 Å². The van der Waals surface area contributed by atoms with Crippen molar-refractivity contribution in [1.29, 1.82) is 0 Å². The number of anilines is 2. The Labute approximate surface area is 243 Å². The third-order valence-corrected chi connectivity index (χ3v) is 6.76. The second kappa shape index (κ2) is 12.7. The van der Waals surface area contributed by atoms with Gasteiger partial charge >= 0.3 is 5.97 Å². The summed E-state index contributed by atoms with van der Waals surface area (Å²) in [5, 5.41) is 9.13. The number of hydrogen-bond donors (Lipinski definition) is 1. The van der Waals surface area contributed by atoms with Crippen molar-refractivity contribution in [2.24, 2.45) is 0 Å². The molecule has 42 heavy (non-hydrogen) atoms. The molecule has 1 N–H and O–H groups in total. The van der Waals surface area contributed by atoms with Gasteiger partial charge < -0.3 is 10.0 Å². The highest BCUT2D eigenvalue weighted by Crippen LogP contribution is 2.32. The molecule has 206 valence electrons. The van der Waals surface area contributed by atoms with Crippen LogP contribution in [0.25, 0.3) is 23.3 Å². The topological polar surface area (TPSA) is 40.5 Å². The van der Waals surface area contributed by atoms with Gasteiger partial charge in [0.15, 0.2) is 0 Å². The predicted octanol–water partition coefficient (Wildman–Crippen LogP) is 9.46. The third kappa shape index (κ3) is 6.77. The van der Waals surface area contributed by atoms with E-state index >= 15 is 0 Å². The number of aliphatic carboxylic acids is 1. The Balaban J connectivity index is 1.48. The van der Waals surface area contributed by atoms with Crippen LogP contribution in [0.1, 0.15) is 27.8 Å². The number of hydrogen-bond acceptors (Lipinski definition) is 2. The minimum Gasteiger partial charge on any atom is -0.478 e. The number of benzene rings is 5. The lowest BCUT2D eigenvalue weighted by atomic mass is 9.98. The molecule has 0 bridgehead atoms. The smallest absolute Gasteiger partial charge is 0.335 e. The Hall–Kier alpha value is -5.55. The van der Waals surface area contributed by atoms with Crippen molar-refractivity contribution < 1.29 is 18.7 Å². The van der Waals surface area contributed by atoms with Crippen LogP contribution in [0.2, 0.25) is 0 Å². The zero-order valence-corrected chi connectivity index (χ0v) is 22.6. The van der Waals surface area contributed by atoms with Gasteiger partial charge in [-0.15, -0.1) is 0 Å². The first-order valence-corrected chi connectivity index (χ1v) is 13.3. The summed E-state index contributed by atoms with van der Waals surface area (Å²) in [4.78, 5) is 13.2. The highest BCUT2D eigenvalue weighted by molar-refractivity contribution is 6.14. The highest BCUT2D eigenvalue weighted by atomic mass is 19.1. The van der Waals surface area contributed by atoms with Crippen molar-refractivity contribution in [2.75, 3.05) is 4.90 Å². The Morgan fingerprint density at radius 2 is 1.02 bits per heavy atom. The van der Waals surface area contributed by atoms with E-state index in [9.17, 15) is 13.6 Å². The van der Waals surface area contributed by atoms with Crippen LogP contribution in [0.4, 0.5) is 20.2 Å². The van der Waals surface area contributed by atoms with Crippen LogP contribution in [0.15, 0.2) is 140 Å². The summed E-state index contributed by atoms with van der Waals surface area (Å²) in [5.74, 6) is -1.70. The van der Waals surface area contributed by atoms with Gasteiger partial charge in [-0.05, 0) is 76.3 Å². The predicted molar refractivity (Wildman–Crippen MR) is 167 cm³/mol. The molecule has 0 atom stereocenters. The van der Waals surface area contributed by atoms with E-state index in [4.69, 9.17) is 5.11 Å². The third-order valence-electron chi connectivity index (χ3n) is 6.76. The van der Waals surface area contributed by atoms with Gasteiger partial charge in [0.1, 0.15) is 11.6 Å². The van der Waals surface area contributed by atoms with Crippen molar-refractivity contribution in [3.05, 3.63) is 180 Å². The normalized spacial score (nSPS) is 10.8. The molecule has 5 rings (SSSR count). The number of para-hydroxylation sites is 1. The van der Waals surface area contributed by atoms with Crippen LogP contribution < -0.4 is 4.90 Å². The summed E-state index contributed by atoms with van der Waals surface area (Å²) in [7, 11) is 0. The van der Waals surface area contributed by atoms with Crippen LogP contribution >= 0.6 is 0 Å². The van der Waals surface area contributed by atoms with Crippen molar-refractivity contribution in [3.63, 3.8) is 0 Å². The SMILES string of the molecule is C=C(C(=O)O)c1ccc(C=Cc2ccc(N(C=C(c3ccc(F)cc3)c3ccc(F)cc3)c3ccccc3)cc2)cc1. The molecular formula is C37H27F2NO2. The number of nitrogens with zero attached hydrogens (tertiary/aromatic N) is 1. The van der Waals surface area contributed by atoms with Crippen molar-refractivity contribution in [1.82, 2.24) is 0 Å². The molecule has 0 unspecified atom stereocenters. The van der Waals surface area contributed by atoms with E-state index < -0.39 is 5.97 Å². The molecule has 0 aliphatic rings. The Kier molecular flexibility index (Phi) is 8.50. The van der Waals surface area contributed by atoms with Crippen LogP contribution in [0.5, 0.6) is 0 Å². The molecule has 0 saturated heterocycles. The minimum absolute atomic E-state index is 0.0557. The lowest BCUT2D eigenvalue weighted by molar-refractivity contribution is -0.130. The fourth-order valence-electron chi connectivity index (χ4n) is 4.45. The van der Waals surface area contributed by atoms with Gasteiger partial charge in [-0.1, -0.05) is 97.6 Å². The van der Waals surface area contributed by atoms with E-state index in [1.807, 2.05) is 90.0 Å². The van der Waals surface area contributed by atoms with Crippen LogP contribution in [-0.2, 0) is 4.79 Å². The summed E-state index contributed by atoms with van der Waals surface area (Å²) >= 11 is 0. The van der Waals surface area contributed by atoms with E-state index in [1.54, 1.807) is 36.4 Å². The standard InChI is InChI=1S/C37H27F2NO2/c1-26(37(41)42)29-13-9-27(10-14-29)7-8-28-11-23-35(24-12-28)40(34-5-3-2-4-6-34)25-36(30-15-19-32(38)20-16-30)31-17-21-33(39)22-18-31/h2-25H,1H2,(H,41,42). The first-order chi connectivity index (χ1) is 20.4. The average molecular weight is 556 g/mol. The molecule has 0 saturated carbocycles. The van der Waals surface area contributed by atoms with Gasteiger partial charge in [0.25, 0.3) is 0 Å². The van der Waals surface area contributed by atoms with Crippen molar-refractivity contribution >= 4 is 40.6 Å². The molecule has 0 radical (unpaired) electrons. The Morgan fingerprint density at radius 1 is 0.595 bits per heavy atom. The maximum Gasteiger partial charge on any atom is 0.335 e. The van der Waals surface area contributed by atoms with Crippen LogP contribution in [0.3, 0.4) is 0 Å². The van der Waals surface area contributed by atoms with E-state index in [2.05, 4.69) is 6.58 Å². The quantitative estimate of drug-likeness (QED) is 0.145. The van der Waals surface area contributed by atoms with Gasteiger partial charge in [0, 0.05) is 23.1 Å². The van der Waals surface area contributed by atoms with E-state index in [1.165, 1.54) is 24.3 Å². The second-order valence-corrected chi connectivity index (χ2v) is 9.59. The van der Waals surface area contributed by atoms with Gasteiger partial charge in [-0.25, -0.2) is 13.6 Å². The number of carbonyl (C=O) groups is 1. The van der Waals surface area contributed by atoms with Crippen molar-refractivity contribution in [3.8, 4) is 0 Å². The Morgan fingerprint density at radius 3 is 1.50 bits per heavy atom. The molecule has 0 amide bonds. The molecule has 3 nitrogen and oxygen atoms in total. The summed E-state index contributed by atoms with van der Waals surface area (Å²) in [6.45, 7) is 3.60. The lowest BCUT2D eigenvalue weighted by Crippen LogP contribution is -2.10. The molecule has 0 aromatic heterocycles. The summed E-state index contributed by atoms with van der Waals surface area (Å²) in [6, 6.07) is 37.6. The van der Waals surface area contributed by atoms with Gasteiger partial charge in [0.2, 0.25) is 0 Å². The average Bonchev–Trinajstić information content (AvgIpc) is 3.02. The molecule has 0 heterocycles. The van der Waals surface area contributed by atoms with Crippen molar-refractivity contribution in [2.45, 2.75) is 0 Å². The molecular weight excluding hydrogens is 528 g/mol. The fraction of sp³-hybridized carbons (Fsp3) is 0. The number of halogens is 2. The maximum atomic E-state index is 13.8. The summed E-state index contributed by atoms with van der Waals surface area (Å²) in [5.41, 5.74) is 6.74. The van der Waals surface area contributed by atoms with Crippen LogP contribution in [-0.4, -0.2) is 11.1 Å². The van der Waals surface area contributed by atoms with E-state index in [0.29, 0.717) is 5.56 Å².